The maximum Gasteiger partial charge on any atom is 0.316 e. The van der Waals surface area contributed by atoms with Crippen LogP contribution in [0.1, 0.15) is 19.4 Å². The number of rotatable bonds is 5. The van der Waals surface area contributed by atoms with E-state index in [9.17, 15) is 4.79 Å². The molecule has 0 aliphatic rings. The van der Waals surface area contributed by atoms with Crippen molar-refractivity contribution < 1.29 is 9.53 Å². The molecule has 94 valence electrons. The molecule has 1 aromatic rings. The van der Waals surface area contributed by atoms with Crippen LogP contribution < -0.4 is 4.74 Å². The molecule has 0 heterocycles. The summed E-state index contributed by atoms with van der Waals surface area (Å²) < 4.78 is 5.55. The van der Waals surface area contributed by atoms with Gasteiger partial charge < -0.3 is 9.64 Å². The van der Waals surface area contributed by atoms with Crippen molar-refractivity contribution in [3.8, 4) is 5.75 Å². The summed E-state index contributed by atoms with van der Waals surface area (Å²) in [6.45, 7) is 4.61. The number of hydrogen-bond acceptors (Lipinski definition) is 2. The molecule has 4 heteroatoms. The first kappa shape index (κ1) is 13.8. The van der Waals surface area contributed by atoms with E-state index in [-0.39, 0.29) is 6.10 Å². The molecule has 0 saturated heterocycles. The van der Waals surface area contributed by atoms with Crippen molar-refractivity contribution in [2.45, 2.75) is 26.4 Å². The number of ether oxygens (including phenoxy) is 1. The van der Waals surface area contributed by atoms with E-state index in [1.807, 2.05) is 38.1 Å². The molecule has 0 N–H and O–H groups in total. The fourth-order valence-electron chi connectivity index (χ4n) is 1.39. The van der Waals surface area contributed by atoms with Gasteiger partial charge in [0.25, 0.3) is 0 Å². The highest BCUT2D eigenvalue weighted by atomic mass is 35.5. The second-order valence-electron chi connectivity index (χ2n) is 4.24. The van der Waals surface area contributed by atoms with Crippen LogP contribution in [0.25, 0.3) is 0 Å². The molecule has 1 rings (SSSR count). The lowest BCUT2D eigenvalue weighted by atomic mass is 10.1. The Bertz CT molecular complexity index is 362. The third-order valence-electron chi connectivity index (χ3n) is 2.33. The summed E-state index contributed by atoms with van der Waals surface area (Å²) in [6.07, 6.45) is 0.970. The van der Waals surface area contributed by atoms with Gasteiger partial charge in [0.15, 0.2) is 0 Å². The minimum absolute atomic E-state index is 0.181. The average Bonchev–Trinajstić information content (AvgIpc) is 2.26. The van der Waals surface area contributed by atoms with E-state index in [1.54, 1.807) is 7.05 Å². The molecular formula is C13H18ClNO2. The lowest BCUT2D eigenvalue weighted by Gasteiger charge is -2.13. The van der Waals surface area contributed by atoms with E-state index >= 15 is 0 Å². The number of hydrogen-bond donors (Lipinski definition) is 0. The highest BCUT2D eigenvalue weighted by molar-refractivity contribution is 6.62. The van der Waals surface area contributed by atoms with Gasteiger partial charge >= 0.3 is 5.37 Å². The summed E-state index contributed by atoms with van der Waals surface area (Å²) in [4.78, 5) is 12.3. The Morgan fingerprint density at radius 1 is 1.35 bits per heavy atom. The molecule has 0 radical (unpaired) electrons. The number of carbonyl (C=O) groups excluding carboxylic acids is 1. The van der Waals surface area contributed by atoms with Crippen LogP contribution in [0.3, 0.4) is 0 Å². The molecule has 0 aliphatic heterocycles. The summed E-state index contributed by atoms with van der Waals surface area (Å²) in [7, 11) is 1.69. The standard InChI is InChI=1S/C13H18ClNO2/c1-10(2)17-12-6-4-11(5-7-12)8-9-15(3)13(14)16/h4-7,10H,8-9H2,1-3H3. The highest BCUT2D eigenvalue weighted by Gasteiger charge is 2.04. The zero-order valence-corrected chi connectivity index (χ0v) is 11.2. The summed E-state index contributed by atoms with van der Waals surface area (Å²) in [5, 5.41) is -0.426. The lowest BCUT2D eigenvalue weighted by molar-refractivity contribution is 0.232. The number of amides is 1. The van der Waals surface area contributed by atoms with Gasteiger partial charge in [-0.1, -0.05) is 12.1 Å². The van der Waals surface area contributed by atoms with Gasteiger partial charge in [-0.25, -0.2) is 0 Å². The third kappa shape index (κ3) is 5.09. The molecule has 0 aromatic heterocycles. The van der Waals surface area contributed by atoms with Gasteiger partial charge in [-0.3, -0.25) is 4.79 Å². The van der Waals surface area contributed by atoms with Crippen LogP contribution in [0, 0.1) is 0 Å². The van der Waals surface area contributed by atoms with E-state index in [2.05, 4.69) is 0 Å². The summed E-state index contributed by atoms with van der Waals surface area (Å²) >= 11 is 5.34. The van der Waals surface area contributed by atoms with Crippen molar-refractivity contribution in [3.63, 3.8) is 0 Å². The van der Waals surface area contributed by atoms with Gasteiger partial charge in [-0.2, -0.15) is 0 Å². The minimum atomic E-state index is -0.426. The van der Waals surface area contributed by atoms with E-state index < -0.39 is 5.37 Å². The predicted octanol–water partition coefficient (Wildman–Crippen LogP) is 3.31. The third-order valence-corrected chi connectivity index (χ3v) is 2.62. The first-order valence-corrected chi connectivity index (χ1v) is 6.03. The monoisotopic (exact) mass is 255 g/mol. The fourth-order valence-corrected chi connectivity index (χ4v) is 1.48. The Morgan fingerprint density at radius 3 is 2.41 bits per heavy atom. The molecule has 3 nitrogen and oxygen atoms in total. The summed E-state index contributed by atoms with van der Waals surface area (Å²) in [6, 6.07) is 7.89. The van der Waals surface area contributed by atoms with Gasteiger partial charge in [0.05, 0.1) is 6.10 Å². The summed E-state index contributed by atoms with van der Waals surface area (Å²) in [5.74, 6) is 0.866. The molecule has 0 bridgehead atoms. The van der Waals surface area contributed by atoms with Crippen LogP contribution in [0.5, 0.6) is 5.75 Å². The maximum atomic E-state index is 10.8. The van der Waals surface area contributed by atoms with Crippen LogP contribution in [0.15, 0.2) is 24.3 Å². The maximum absolute atomic E-state index is 10.8. The predicted molar refractivity (Wildman–Crippen MR) is 69.8 cm³/mol. The number of likely N-dealkylation sites (N-methyl/N-ethyl adjacent to an activating group) is 1. The molecule has 0 saturated carbocycles. The normalized spacial score (nSPS) is 10.4. The highest BCUT2D eigenvalue weighted by Crippen LogP contribution is 2.14. The molecule has 1 aromatic carbocycles. The zero-order valence-electron chi connectivity index (χ0n) is 10.4. The van der Waals surface area contributed by atoms with Gasteiger partial charge in [0.1, 0.15) is 5.75 Å². The molecule has 1 amide bonds. The second-order valence-corrected chi connectivity index (χ2v) is 4.56. The van der Waals surface area contributed by atoms with Gasteiger partial charge in [0.2, 0.25) is 0 Å². The number of carbonyl (C=O) groups is 1. The smallest absolute Gasteiger partial charge is 0.316 e. The Morgan fingerprint density at radius 2 is 1.94 bits per heavy atom. The van der Waals surface area contributed by atoms with Crippen LogP contribution in [-0.4, -0.2) is 30.0 Å². The van der Waals surface area contributed by atoms with Crippen LogP contribution in [-0.2, 0) is 6.42 Å². The zero-order chi connectivity index (χ0) is 12.8. The summed E-state index contributed by atoms with van der Waals surface area (Å²) in [5.41, 5.74) is 1.16. The van der Waals surface area contributed by atoms with Crippen molar-refractivity contribution in [2.75, 3.05) is 13.6 Å². The molecule has 0 unspecified atom stereocenters. The molecule has 0 aliphatic carbocycles. The van der Waals surface area contributed by atoms with Crippen molar-refractivity contribution >= 4 is 17.0 Å². The second kappa shape index (κ2) is 6.50. The first-order valence-electron chi connectivity index (χ1n) is 5.65. The average molecular weight is 256 g/mol. The van der Waals surface area contributed by atoms with Crippen molar-refractivity contribution in [2.24, 2.45) is 0 Å². The Balaban J connectivity index is 2.48. The van der Waals surface area contributed by atoms with E-state index in [0.717, 1.165) is 17.7 Å². The van der Waals surface area contributed by atoms with Crippen LogP contribution in [0.4, 0.5) is 4.79 Å². The minimum Gasteiger partial charge on any atom is -0.491 e. The molecule has 0 spiro atoms. The topological polar surface area (TPSA) is 29.5 Å². The van der Waals surface area contributed by atoms with Crippen molar-refractivity contribution in [1.29, 1.82) is 0 Å². The molecule has 0 atom stereocenters. The number of nitrogens with zero attached hydrogens (tertiary/aromatic N) is 1. The van der Waals surface area contributed by atoms with Gasteiger partial charge in [-0.05, 0) is 49.6 Å². The van der Waals surface area contributed by atoms with Crippen LogP contribution in [0.2, 0.25) is 0 Å². The van der Waals surface area contributed by atoms with E-state index in [4.69, 9.17) is 16.3 Å². The Kier molecular flexibility index (Phi) is 5.29. The van der Waals surface area contributed by atoms with Crippen molar-refractivity contribution in [3.05, 3.63) is 29.8 Å². The molecule has 17 heavy (non-hydrogen) atoms. The largest absolute Gasteiger partial charge is 0.491 e. The molecule has 0 fully saturated rings. The van der Waals surface area contributed by atoms with Crippen molar-refractivity contribution in [1.82, 2.24) is 4.90 Å². The Labute approximate surface area is 107 Å². The number of benzene rings is 1. The quantitative estimate of drug-likeness (QED) is 0.597. The fraction of sp³-hybridized carbons (Fsp3) is 0.462. The lowest BCUT2D eigenvalue weighted by Crippen LogP contribution is -2.23. The van der Waals surface area contributed by atoms with Crippen LogP contribution >= 0.6 is 11.6 Å². The SMILES string of the molecule is CC(C)Oc1ccc(CCN(C)C(=O)Cl)cc1. The van der Waals surface area contributed by atoms with E-state index in [0.29, 0.717) is 6.54 Å². The van der Waals surface area contributed by atoms with E-state index in [1.165, 1.54) is 4.90 Å². The number of halogens is 1. The first-order chi connectivity index (χ1) is 7.99. The van der Waals surface area contributed by atoms with Gasteiger partial charge in [0, 0.05) is 13.6 Å². The Hall–Kier alpha value is -1.22. The molecular weight excluding hydrogens is 238 g/mol. The van der Waals surface area contributed by atoms with Gasteiger partial charge in [-0.15, -0.1) is 0 Å².